The van der Waals surface area contributed by atoms with Gasteiger partial charge in [-0.1, -0.05) is 26.2 Å². The molecule has 112 valence electrons. The molecule has 0 saturated heterocycles. The quantitative estimate of drug-likeness (QED) is 0.811. The fourth-order valence-corrected chi connectivity index (χ4v) is 3.00. The minimum Gasteiger partial charge on any atom is -0.463 e. The van der Waals surface area contributed by atoms with E-state index in [2.05, 4.69) is 12.2 Å². The molecule has 0 amide bonds. The number of ether oxygens (including phenoxy) is 1. The van der Waals surface area contributed by atoms with E-state index < -0.39 is 5.97 Å². The maximum Gasteiger partial charge on any atom is 0.374 e. The lowest BCUT2D eigenvalue weighted by molar-refractivity contribution is 0.0563. The molecule has 4 heteroatoms. The highest BCUT2D eigenvalue weighted by molar-refractivity contribution is 5.87. The molecule has 2 rings (SSSR count). The molecule has 4 nitrogen and oxygen atoms in total. The second-order valence-electron chi connectivity index (χ2n) is 5.69. The summed E-state index contributed by atoms with van der Waals surface area (Å²) in [7, 11) is 1.37. The summed E-state index contributed by atoms with van der Waals surface area (Å²) in [6, 6.07) is 1.83. The molecule has 0 unspecified atom stereocenters. The van der Waals surface area contributed by atoms with E-state index in [0.717, 1.165) is 23.9 Å². The van der Waals surface area contributed by atoms with Gasteiger partial charge in [-0.05, 0) is 37.3 Å². The number of methoxy groups -OCH3 is 1. The van der Waals surface area contributed by atoms with Crippen LogP contribution < -0.4 is 5.32 Å². The van der Waals surface area contributed by atoms with E-state index >= 15 is 0 Å². The number of carbonyl (C=O) groups excluding carboxylic acids is 1. The smallest absolute Gasteiger partial charge is 0.374 e. The first kappa shape index (κ1) is 15.1. The third-order valence-electron chi connectivity index (χ3n) is 4.41. The van der Waals surface area contributed by atoms with Crippen molar-refractivity contribution in [3.8, 4) is 0 Å². The van der Waals surface area contributed by atoms with Crippen LogP contribution in [-0.4, -0.2) is 19.6 Å². The van der Waals surface area contributed by atoms with Crippen molar-refractivity contribution in [2.24, 2.45) is 11.8 Å². The summed E-state index contributed by atoms with van der Waals surface area (Å²) in [4.78, 5) is 11.5. The van der Waals surface area contributed by atoms with Crippen molar-refractivity contribution in [3.63, 3.8) is 0 Å². The van der Waals surface area contributed by atoms with E-state index in [0.29, 0.717) is 12.3 Å². The van der Waals surface area contributed by atoms with Crippen LogP contribution in [-0.2, 0) is 11.3 Å². The summed E-state index contributed by atoms with van der Waals surface area (Å²) in [6.45, 7) is 3.97. The number of furan rings is 1. The van der Waals surface area contributed by atoms with E-state index in [1.165, 1.54) is 45.5 Å². The van der Waals surface area contributed by atoms with Crippen molar-refractivity contribution in [1.82, 2.24) is 5.32 Å². The lowest BCUT2D eigenvalue weighted by Crippen LogP contribution is -2.26. The summed E-state index contributed by atoms with van der Waals surface area (Å²) in [5.74, 6) is 1.61. The second-order valence-corrected chi connectivity index (χ2v) is 5.69. The number of hydrogen-bond acceptors (Lipinski definition) is 4. The van der Waals surface area contributed by atoms with E-state index in [4.69, 9.17) is 9.15 Å². The Morgan fingerprint density at radius 1 is 1.35 bits per heavy atom. The number of rotatable bonds is 6. The number of esters is 1. The zero-order valence-corrected chi connectivity index (χ0v) is 12.5. The first-order valence-electron chi connectivity index (χ1n) is 7.60. The maximum atomic E-state index is 11.5. The van der Waals surface area contributed by atoms with Crippen molar-refractivity contribution in [3.05, 3.63) is 23.7 Å². The predicted molar refractivity (Wildman–Crippen MR) is 77.5 cm³/mol. The van der Waals surface area contributed by atoms with Crippen LogP contribution in [0.2, 0.25) is 0 Å². The number of carbonyl (C=O) groups is 1. The van der Waals surface area contributed by atoms with Gasteiger partial charge >= 0.3 is 5.97 Å². The lowest BCUT2D eigenvalue weighted by Gasteiger charge is -2.27. The second kappa shape index (κ2) is 7.48. The molecule has 1 aromatic rings. The maximum absolute atomic E-state index is 11.5. The topological polar surface area (TPSA) is 51.5 Å². The molecule has 0 bridgehead atoms. The molecule has 20 heavy (non-hydrogen) atoms. The predicted octanol–water partition coefficient (Wildman–Crippen LogP) is 3.37. The van der Waals surface area contributed by atoms with Crippen LogP contribution in [0.3, 0.4) is 0 Å². The van der Waals surface area contributed by atoms with Crippen molar-refractivity contribution in [2.45, 2.75) is 45.6 Å². The van der Waals surface area contributed by atoms with Crippen molar-refractivity contribution >= 4 is 5.97 Å². The average molecular weight is 279 g/mol. The molecule has 1 heterocycles. The fraction of sp³-hybridized carbons (Fsp3) is 0.688. The SMILES string of the molecule is CCC1CCC(CNCc2ccoc2C(=O)OC)CC1. The summed E-state index contributed by atoms with van der Waals surface area (Å²) < 4.78 is 9.87. The standard InChI is InChI=1S/C16H25NO3/c1-3-12-4-6-13(7-5-12)10-17-11-14-8-9-20-15(14)16(18)19-2/h8-9,12-13,17H,3-7,10-11H2,1-2H3. The summed E-state index contributed by atoms with van der Waals surface area (Å²) in [6.07, 6.45) is 8.22. The zero-order valence-electron chi connectivity index (χ0n) is 12.5. The molecule has 0 atom stereocenters. The largest absolute Gasteiger partial charge is 0.463 e. The Morgan fingerprint density at radius 2 is 2.05 bits per heavy atom. The molecule has 1 N–H and O–H groups in total. The van der Waals surface area contributed by atoms with Gasteiger partial charge in [-0.2, -0.15) is 0 Å². The third kappa shape index (κ3) is 3.85. The number of hydrogen-bond donors (Lipinski definition) is 1. The molecule has 0 aliphatic heterocycles. The molecule has 1 fully saturated rings. The summed E-state index contributed by atoms with van der Waals surface area (Å²) >= 11 is 0. The minimum absolute atomic E-state index is 0.315. The van der Waals surface area contributed by atoms with E-state index in [9.17, 15) is 4.79 Å². The van der Waals surface area contributed by atoms with Crippen LogP contribution in [0.4, 0.5) is 0 Å². The zero-order chi connectivity index (χ0) is 14.4. The molecular formula is C16H25NO3. The third-order valence-corrected chi connectivity index (χ3v) is 4.41. The molecule has 1 saturated carbocycles. The Balaban J connectivity index is 1.74. The average Bonchev–Trinajstić information content (AvgIpc) is 2.95. The lowest BCUT2D eigenvalue weighted by atomic mass is 9.81. The Morgan fingerprint density at radius 3 is 2.70 bits per heavy atom. The molecule has 1 aliphatic carbocycles. The Kier molecular flexibility index (Phi) is 5.65. The van der Waals surface area contributed by atoms with Crippen LogP contribution in [0, 0.1) is 11.8 Å². The van der Waals surface area contributed by atoms with Gasteiger partial charge in [0.2, 0.25) is 5.76 Å². The monoisotopic (exact) mass is 279 g/mol. The Labute approximate surface area is 120 Å². The molecule has 0 radical (unpaired) electrons. The molecule has 0 spiro atoms. The van der Waals surface area contributed by atoms with Gasteiger partial charge in [-0.3, -0.25) is 0 Å². The van der Waals surface area contributed by atoms with Crippen LogP contribution >= 0.6 is 0 Å². The molecule has 0 aromatic carbocycles. The van der Waals surface area contributed by atoms with Gasteiger partial charge in [0, 0.05) is 12.1 Å². The van der Waals surface area contributed by atoms with Crippen LogP contribution in [0.15, 0.2) is 16.7 Å². The van der Waals surface area contributed by atoms with Gasteiger partial charge in [0.1, 0.15) is 0 Å². The van der Waals surface area contributed by atoms with E-state index in [1.807, 2.05) is 6.07 Å². The van der Waals surface area contributed by atoms with E-state index in [1.54, 1.807) is 0 Å². The Hall–Kier alpha value is -1.29. The first-order valence-corrected chi connectivity index (χ1v) is 7.60. The summed E-state index contributed by atoms with van der Waals surface area (Å²) in [5.41, 5.74) is 0.874. The van der Waals surface area contributed by atoms with E-state index in [-0.39, 0.29) is 0 Å². The number of nitrogens with one attached hydrogen (secondary N) is 1. The van der Waals surface area contributed by atoms with Crippen LogP contribution in [0.25, 0.3) is 0 Å². The van der Waals surface area contributed by atoms with Gasteiger partial charge in [0.05, 0.1) is 13.4 Å². The molecular weight excluding hydrogens is 254 g/mol. The van der Waals surface area contributed by atoms with Gasteiger partial charge in [-0.15, -0.1) is 0 Å². The van der Waals surface area contributed by atoms with Crippen molar-refractivity contribution in [1.29, 1.82) is 0 Å². The highest BCUT2D eigenvalue weighted by Gasteiger charge is 2.20. The Bertz CT molecular complexity index is 419. The molecule has 1 aliphatic rings. The highest BCUT2D eigenvalue weighted by atomic mass is 16.5. The minimum atomic E-state index is -0.407. The summed E-state index contributed by atoms with van der Waals surface area (Å²) in [5, 5.41) is 3.44. The van der Waals surface area contributed by atoms with Gasteiger partial charge in [0.15, 0.2) is 0 Å². The van der Waals surface area contributed by atoms with Gasteiger partial charge < -0.3 is 14.5 Å². The van der Waals surface area contributed by atoms with Crippen LogP contribution in [0.1, 0.15) is 55.1 Å². The first-order chi connectivity index (χ1) is 9.74. The van der Waals surface area contributed by atoms with Gasteiger partial charge in [-0.25, -0.2) is 4.79 Å². The van der Waals surface area contributed by atoms with Crippen LogP contribution in [0.5, 0.6) is 0 Å². The highest BCUT2D eigenvalue weighted by Crippen LogP contribution is 2.30. The van der Waals surface area contributed by atoms with Crippen molar-refractivity contribution in [2.75, 3.05) is 13.7 Å². The fourth-order valence-electron chi connectivity index (χ4n) is 3.00. The van der Waals surface area contributed by atoms with Crippen molar-refractivity contribution < 1.29 is 13.9 Å². The normalized spacial score (nSPS) is 22.7. The molecule has 1 aromatic heterocycles. The van der Waals surface area contributed by atoms with Gasteiger partial charge in [0.25, 0.3) is 0 Å².